The van der Waals surface area contributed by atoms with E-state index in [2.05, 4.69) is 31.8 Å². The molecule has 0 aromatic carbocycles. The fourth-order valence-corrected chi connectivity index (χ4v) is 2.54. The molecule has 1 atom stereocenters. The molecule has 0 radical (unpaired) electrons. The van der Waals surface area contributed by atoms with Crippen molar-refractivity contribution in [3.63, 3.8) is 0 Å². The fraction of sp³-hybridized carbons (Fsp3) is 0.250. The van der Waals surface area contributed by atoms with Crippen LogP contribution in [-0.2, 0) is 0 Å². The van der Waals surface area contributed by atoms with E-state index in [4.69, 9.17) is 0 Å². The molecule has 0 aromatic heterocycles. The lowest BCUT2D eigenvalue weighted by atomic mass is 10.2. The maximum atomic E-state index is 3.74. The Bertz CT molecular complexity index is 187. The van der Waals surface area contributed by atoms with Gasteiger partial charge in [0.25, 0.3) is 0 Å². The van der Waals surface area contributed by atoms with Crippen molar-refractivity contribution < 1.29 is 0 Å². The van der Waals surface area contributed by atoms with Crippen LogP contribution in [-0.4, -0.2) is 8.80 Å². The van der Waals surface area contributed by atoms with Crippen molar-refractivity contribution in [1.29, 1.82) is 0 Å². The van der Waals surface area contributed by atoms with Crippen molar-refractivity contribution in [2.24, 2.45) is 0 Å². The second kappa shape index (κ2) is 2.36. The predicted octanol–water partition coefficient (Wildman–Crippen LogP) is 1.99. The third-order valence-electron chi connectivity index (χ3n) is 1.92. The van der Waals surface area contributed by atoms with Crippen LogP contribution in [0.1, 0.15) is 6.92 Å². The van der Waals surface area contributed by atoms with Crippen LogP contribution in [0.4, 0.5) is 0 Å². The van der Waals surface area contributed by atoms with E-state index in [0.29, 0.717) is 0 Å². The molecule has 0 aliphatic carbocycles. The Morgan fingerprint density at radius 2 is 2.33 bits per heavy atom. The maximum Gasteiger partial charge on any atom is 0.0863 e. The van der Waals surface area contributed by atoms with Crippen LogP contribution >= 0.6 is 0 Å². The average molecular weight is 136 g/mol. The van der Waals surface area contributed by atoms with Crippen LogP contribution < -0.4 is 0 Å². The van der Waals surface area contributed by atoms with Gasteiger partial charge in [-0.2, -0.15) is 0 Å². The molecule has 1 aliphatic rings. The highest BCUT2D eigenvalue weighted by Crippen LogP contribution is 2.17. The molecule has 0 saturated carbocycles. The molecule has 1 heteroatoms. The van der Waals surface area contributed by atoms with E-state index in [1.54, 1.807) is 5.20 Å². The topological polar surface area (TPSA) is 0 Å². The molecule has 0 fully saturated rings. The largest absolute Gasteiger partial charge is 0.0985 e. The van der Waals surface area contributed by atoms with E-state index < -0.39 is 8.80 Å². The van der Waals surface area contributed by atoms with Gasteiger partial charge in [0, 0.05) is 0 Å². The monoisotopic (exact) mass is 136 g/mol. The zero-order valence-electron chi connectivity index (χ0n) is 6.02. The third-order valence-corrected chi connectivity index (χ3v) is 4.39. The highest BCUT2D eigenvalue weighted by molar-refractivity contribution is 6.71. The lowest BCUT2D eigenvalue weighted by Crippen LogP contribution is -2.01. The summed E-state index contributed by atoms with van der Waals surface area (Å²) in [5.41, 5.74) is 3.70. The summed E-state index contributed by atoms with van der Waals surface area (Å²) in [6.45, 7) is 8.29. The van der Waals surface area contributed by atoms with Crippen LogP contribution in [0.2, 0.25) is 6.55 Å². The first kappa shape index (κ1) is 6.56. The molecular formula is C8H12Si. The highest BCUT2D eigenvalue weighted by atomic mass is 28.3. The van der Waals surface area contributed by atoms with Crippen molar-refractivity contribution >= 4 is 8.80 Å². The van der Waals surface area contributed by atoms with Gasteiger partial charge < -0.3 is 0 Å². The van der Waals surface area contributed by atoms with Crippen molar-refractivity contribution in [3.05, 3.63) is 35.2 Å². The summed E-state index contributed by atoms with van der Waals surface area (Å²) in [5, 5.41) is 1.57. The quantitative estimate of drug-likeness (QED) is 0.484. The van der Waals surface area contributed by atoms with Crippen molar-refractivity contribution in [2.75, 3.05) is 0 Å². The molecule has 1 rings (SSSR count). The van der Waals surface area contributed by atoms with Gasteiger partial charge in [0.1, 0.15) is 0 Å². The van der Waals surface area contributed by atoms with E-state index in [9.17, 15) is 0 Å². The zero-order chi connectivity index (χ0) is 6.85. The van der Waals surface area contributed by atoms with Crippen molar-refractivity contribution in [3.8, 4) is 0 Å². The van der Waals surface area contributed by atoms with Gasteiger partial charge in [-0.1, -0.05) is 36.2 Å². The van der Waals surface area contributed by atoms with Crippen molar-refractivity contribution in [2.45, 2.75) is 13.5 Å². The minimum atomic E-state index is -0.591. The maximum absolute atomic E-state index is 3.74. The van der Waals surface area contributed by atoms with Crippen LogP contribution in [0.25, 0.3) is 0 Å². The Balaban J connectivity index is 2.91. The number of hydrogen-bond acceptors (Lipinski definition) is 0. The molecule has 0 amide bonds. The first-order valence-electron chi connectivity index (χ1n) is 3.27. The van der Waals surface area contributed by atoms with E-state index in [0.717, 1.165) is 0 Å². The summed E-state index contributed by atoms with van der Waals surface area (Å²) in [6.07, 6.45) is 4.14. The smallest absolute Gasteiger partial charge is 0.0863 e. The van der Waals surface area contributed by atoms with Crippen LogP contribution in [0.15, 0.2) is 35.2 Å². The van der Waals surface area contributed by atoms with Gasteiger partial charge in [-0.05, 0) is 12.5 Å². The summed E-state index contributed by atoms with van der Waals surface area (Å²) < 4.78 is 0. The molecule has 0 nitrogen and oxygen atoms in total. The third kappa shape index (κ3) is 1.05. The lowest BCUT2D eigenvalue weighted by Gasteiger charge is -1.98. The number of allylic oxidation sites excluding steroid dienone is 4. The van der Waals surface area contributed by atoms with Gasteiger partial charge in [-0.25, -0.2) is 0 Å². The van der Waals surface area contributed by atoms with Gasteiger partial charge in [0.05, 0.1) is 8.80 Å². The second-order valence-electron chi connectivity index (χ2n) is 2.49. The Morgan fingerprint density at radius 1 is 1.67 bits per heavy atom. The first-order chi connectivity index (χ1) is 4.25. The van der Waals surface area contributed by atoms with Gasteiger partial charge in [-0.15, -0.1) is 0 Å². The highest BCUT2D eigenvalue weighted by Gasteiger charge is 2.09. The first-order valence-corrected chi connectivity index (χ1v) is 5.67. The minimum absolute atomic E-state index is 0.591. The molecule has 0 spiro atoms. The van der Waals surface area contributed by atoms with Crippen LogP contribution in [0.5, 0.6) is 0 Å². The summed E-state index contributed by atoms with van der Waals surface area (Å²) >= 11 is 0. The molecule has 1 heterocycles. The van der Waals surface area contributed by atoms with E-state index in [-0.39, 0.29) is 0 Å². The zero-order valence-corrected chi connectivity index (χ0v) is 7.17. The normalized spacial score (nSPS) is 25.3. The molecule has 1 aliphatic heterocycles. The second-order valence-corrected chi connectivity index (χ2v) is 5.32. The lowest BCUT2D eigenvalue weighted by molar-refractivity contribution is 1.56. The minimum Gasteiger partial charge on any atom is -0.0985 e. The average Bonchev–Trinajstić information content (AvgIpc) is 2.15. The van der Waals surface area contributed by atoms with Crippen molar-refractivity contribution in [1.82, 2.24) is 0 Å². The van der Waals surface area contributed by atoms with E-state index >= 15 is 0 Å². The number of hydrogen-bond donors (Lipinski definition) is 0. The summed E-state index contributed by atoms with van der Waals surface area (Å²) in [7, 11) is -0.591. The Hall–Kier alpha value is -0.563. The molecular weight excluding hydrogens is 124 g/mol. The summed E-state index contributed by atoms with van der Waals surface area (Å²) in [4.78, 5) is 0. The van der Waals surface area contributed by atoms with Crippen LogP contribution in [0, 0.1) is 0 Å². The van der Waals surface area contributed by atoms with Gasteiger partial charge in [0.15, 0.2) is 0 Å². The SMILES string of the molecule is C=CC1=C(C)[SiH](C)C=C1. The Labute approximate surface area is 58.2 Å². The Kier molecular flexibility index (Phi) is 1.72. The standard InChI is InChI=1S/C8H12Si/c1-4-8-5-6-9(3)7(8)2/h4-6,9H,1H2,2-3H3. The van der Waals surface area contributed by atoms with E-state index in [1.807, 2.05) is 6.08 Å². The Morgan fingerprint density at radius 3 is 2.56 bits per heavy atom. The van der Waals surface area contributed by atoms with E-state index in [1.165, 1.54) is 5.57 Å². The summed E-state index contributed by atoms with van der Waals surface area (Å²) in [5.74, 6) is 0. The van der Waals surface area contributed by atoms with Crippen LogP contribution in [0.3, 0.4) is 0 Å². The molecule has 48 valence electrons. The molecule has 0 N–H and O–H groups in total. The van der Waals surface area contributed by atoms with Gasteiger partial charge in [0.2, 0.25) is 0 Å². The fourth-order valence-electron chi connectivity index (χ4n) is 1.02. The molecule has 0 bridgehead atoms. The molecule has 0 saturated heterocycles. The molecule has 9 heavy (non-hydrogen) atoms. The van der Waals surface area contributed by atoms with Gasteiger partial charge >= 0.3 is 0 Å². The predicted molar refractivity (Wildman–Crippen MR) is 45.1 cm³/mol. The molecule has 0 aromatic rings. The number of rotatable bonds is 1. The molecule has 1 unspecified atom stereocenters. The summed E-state index contributed by atoms with van der Waals surface area (Å²) in [6, 6.07) is 0. The van der Waals surface area contributed by atoms with Gasteiger partial charge in [-0.3, -0.25) is 0 Å².